The fraction of sp³-hybridized carbons (Fsp3) is 0.571. The number of esters is 1. The topological polar surface area (TPSA) is 51.2 Å². The Labute approximate surface area is 118 Å². The van der Waals surface area contributed by atoms with Crippen LogP contribution >= 0.6 is 11.8 Å². The second-order valence-electron chi connectivity index (χ2n) is 4.94. The molecule has 1 heterocycles. The first kappa shape index (κ1) is 14.3. The number of nitrogens with zero attached hydrogens (tertiary/aromatic N) is 1. The van der Waals surface area contributed by atoms with Crippen LogP contribution in [0.3, 0.4) is 0 Å². The third-order valence-electron chi connectivity index (χ3n) is 3.00. The fourth-order valence-electron chi connectivity index (χ4n) is 1.79. The van der Waals surface area contributed by atoms with Gasteiger partial charge in [-0.2, -0.15) is 0 Å². The van der Waals surface area contributed by atoms with E-state index in [1.54, 1.807) is 24.2 Å². The van der Waals surface area contributed by atoms with Crippen molar-refractivity contribution in [2.75, 3.05) is 12.4 Å². The van der Waals surface area contributed by atoms with Gasteiger partial charge in [-0.1, -0.05) is 0 Å². The Morgan fingerprint density at radius 3 is 2.79 bits per heavy atom. The lowest BCUT2D eigenvalue weighted by Gasteiger charge is -2.28. The Kier molecular flexibility index (Phi) is 4.82. The number of hydrogen-bond acceptors (Lipinski definition) is 5. The van der Waals surface area contributed by atoms with Gasteiger partial charge in [0.1, 0.15) is 5.54 Å². The average Bonchev–Trinajstić information content (AvgIpc) is 3.22. The zero-order valence-electron chi connectivity index (χ0n) is 11.4. The van der Waals surface area contributed by atoms with E-state index in [0.717, 1.165) is 17.7 Å². The second-order valence-corrected chi connectivity index (χ2v) is 5.99. The highest BCUT2D eigenvalue weighted by Gasteiger charge is 2.39. The smallest absolute Gasteiger partial charge is 0.326 e. The van der Waals surface area contributed by atoms with Gasteiger partial charge in [0.2, 0.25) is 0 Å². The first-order chi connectivity index (χ1) is 9.14. The molecule has 1 atom stereocenters. The molecule has 1 N–H and O–H groups in total. The van der Waals surface area contributed by atoms with Crippen molar-refractivity contribution in [2.45, 2.75) is 43.2 Å². The van der Waals surface area contributed by atoms with Gasteiger partial charge < -0.3 is 4.74 Å². The van der Waals surface area contributed by atoms with E-state index in [4.69, 9.17) is 4.74 Å². The van der Waals surface area contributed by atoms with Crippen LogP contribution in [0.1, 0.15) is 26.7 Å². The van der Waals surface area contributed by atoms with Gasteiger partial charge in [0.05, 0.1) is 6.61 Å². The third-order valence-corrected chi connectivity index (χ3v) is 4.33. The number of aromatic nitrogens is 1. The maximum Gasteiger partial charge on any atom is 0.326 e. The molecule has 4 nitrogen and oxygen atoms in total. The molecule has 0 saturated heterocycles. The number of carbonyl (C=O) groups is 1. The molecule has 0 aromatic carbocycles. The summed E-state index contributed by atoms with van der Waals surface area (Å²) in [6, 6.07) is 4.37. The lowest BCUT2D eigenvalue weighted by atomic mass is 10.1. The minimum Gasteiger partial charge on any atom is -0.465 e. The van der Waals surface area contributed by atoms with Gasteiger partial charge in [-0.25, -0.2) is 0 Å². The fourth-order valence-corrected chi connectivity index (χ4v) is 2.76. The first-order valence-electron chi connectivity index (χ1n) is 6.62. The van der Waals surface area contributed by atoms with E-state index < -0.39 is 5.54 Å². The zero-order valence-corrected chi connectivity index (χ0v) is 12.2. The van der Waals surface area contributed by atoms with Crippen LogP contribution in [0.4, 0.5) is 0 Å². The van der Waals surface area contributed by atoms with E-state index in [1.165, 1.54) is 0 Å². The van der Waals surface area contributed by atoms with Crippen LogP contribution < -0.4 is 5.32 Å². The van der Waals surface area contributed by atoms with Crippen LogP contribution in [0.25, 0.3) is 0 Å². The summed E-state index contributed by atoms with van der Waals surface area (Å²) < 4.78 is 5.20. The van der Waals surface area contributed by atoms with Crippen LogP contribution in [-0.4, -0.2) is 34.9 Å². The highest BCUT2D eigenvalue weighted by molar-refractivity contribution is 7.99. The first-order valence-corrected chi connectivity index (χ1v) is 7.60. The van der Waals surface area contributed by atoms with Gasteiger partial charge in [-0.3, -0.25) is 15.1 Å². The molecular formula is C14H20N2O2S. The lowest BCUT2D eigenvalue weighted by Crippen LogP contribution is -2.53. The molecular weight excluding hydrogens is 260 g/mol. The van der Waals surface area contributed by atoms with Crippen molar-refractivity contribution in [1.29, 1.82) is 0 Å². The third kappa shape index (κ3) is 4.21. The highest BCUT2D eigenvalue weighted by atomic mass is 32.2. The molecule has 1 aromatic heterocycles. The number of rotatable bonds is 7. The van der Waals surface area contributed by atoms with Gasteiger partial charge in [0.25, 0.3) is 0 Å². The number of hydrogen-bond donors (Lipinski definition) is 1. The predicted octanol–water partition coefficient (Wildman–Crippen LogP) is 2.25. The summed E-state index contributed by atoms with van der Waals surface area (Å²) >= 11 is 1.65. The van der Waals surface area contributed by atoms with Crippen molar-refractivity contribution in [3.05, 3.63) is 24.5 Å². The Hall–Kier alpha value is -1.07. The number of ether oxygens (including phenoxy) is 1. The highest BCUT2D eigenvalue weighted by Crippen LogP contribution is 2.28. The van der Waals surface area contributed by atoms with Gasteiger partial charge in [0, 0.05) is 29.1 Å². The molecule has 0 radical (unpaired) electrons. The lowest BCUT2D eigenvalue weighted by molar-refractivity contribution is -0.149. The summed E-state index contributed by atoms with van der Waals surface area (Å²) in [6.07, 6.45) is 5.82. The van der Waals surface area contributed by atoms with Crippen LogP contribution in [0.5, 0.6) is 0 Å². The second kappa shape index (κ2) is 6.39. The standard InChI is InChI=1S/C14H20N2O2S/c1-3-18-13(17)14(2,16-11-4-5-11)10-19-12-6-8-15-9-7-12/h6-9,11,16H,3-5,10H2,1-2H3. The van der Waals surface area contributed by atoms with Crippen LogP contribution in [0.2, 0.25) is 0 Å². The monoisotopic (exact) mass is 280 g/mol. The molecule has 1 aliphatic rings. The average molecular weight is 280 g/mol. The summed E-state index contributed by atoms with van der Waals surface area (Å²) in [6.45, 7) is 4.18. The Morgan fingerprint density at radius 1 is 1.53 bits per heavy atom. The van der Waals surface area contributed by atoms with E-state index in [2.05, 4.69) is 10.3 Å². The number of pyridine rings is 1. The molecule has 1 aromatic rings. The molecule has 19 heavy (non-hydrogen) atoms. The quantitative estimate of drug-likeness (QED) is 0.613. The summed E-state index contributed by atoms with van der Waals surface area (Å²) in [5.74, 6) is 0.496. The van der Waals surface area contributed by atoms with E-state index in [1.807, 2.05) is 26.0 Å². The summed E-state index contributed by atoms with van der Waals surface area (Å²) in [7, 11) is 0. The SMILES string of the molecule is CCOC(=O)C(C)(CSc1ccncc1)NC1CC1. The van der Waals surface area contributed by atoms with Crippen molar-refractivity contribution >= 4 is 17.7 Å². The molecule has 1 unspecified atom stereocenters. The molecule has 0 spiro atoms. The van der Waals surface area contributed by atoms with Crippen LogP contribution in [0.15, 0.2) is 29.4 Å². The van der Waals surface area contributed by atoms with E-state index in [0.29, 0.717) is 18.4 Å². The molecule has 0 bridgehead atoms. The van der Waals surface area contributed by atoms with E-state index in [9.17, 15) is 4.79 Å². The molecule has 1 fully saturated rings. The Balaban J connectivity index is 1.98. The van der Waals surface area contributed by atoms with Crippen LogP contribution in [-0.2, 0) is 9.53 Å². The number of nitrogens with one attached hydrogen (secondary N) is 1. The molecule has 1 saturated carbocycles. The van der Waals surface area contributed by atoms with Gasteiger partial charge in [-0.05, 0) is 38.8 Å². The van der Waals surface area contributed by atoms with E-state index in [-0.39, 0.29) is 5.97 Å². The van der Waals surface area contributed by atoms with Gasteiger partial charge in [-0.15, -0.1) is 11.8 Å². The minimum atomic E-state index is -0.620. The summed E-state index contributed by atoms with van der Waals surface area (Å²) in [5.41, 5.74) is -0.620. The van der Waals surface area contributed by atoms with Crippen molar-refractivity contribution in [3.63, 3.8) is 0 Å². The van der Waals surface area contributed by atoms with Crippen LogP contribution in [0, 0.1) is 0 Å². The molecule has 0 amide bonds. The zero-order chi connectivity index (χ0) is 13.7. The normalized spacial score (nSPS) is 17.8. The van der Waals surface area contributed by atoms with E-state index >= 15 is 0 Å². The summed E-state index contributed by atoms with van der Waals surface area (Å²) in [4.78, 5) is 17.2. The van der Waals surface area contributed by atoms with Gasteiger partial charge in [0.15, 0.2) is 0 Å². The molecule has 5 heteroatoms. The molecule has 0 aliphatic heterocycles. The maximum atomic E-state index is 12.1. The van der Waals surface area contributed by atoms with Gasteiger partial charge >= 0.3 is 5.97 Å². The predicted molar refractivity (Wildman–Crippen MR) is 76.2 cm³/mol. The maximum absolute atomic E-state index is 12.1. The number of carbonyl (C=O) groups excluding carboxylic acids is 1. The Morgan fingerprint density at radius 2 is 2.21 bits per heavy atom. The molecule has 2 rings (SSSR count). The molecule has 1 aliphatic carbocycles. The summed E-state index contributed by atoms with van der Waals surface area (Å²) in [5, 5.41) is 3.41. The van der Waals surface area contributed by atoms with Crippen molar-refractivity contribution < 1.29 is 9.53 Å². The van der Waals surface area contributed by atoms with Crippen molar-refractivity contribution in [3.8, 4) is 0 Å². The largest absolute Gasteiger partial charge is 0.465 e. The minimum absolute atomic E-state index is 0.163. The number of thioether (sulfide) groups is 1. The van der Waals surface area contributed by atoms with Crippen molar-refractivity contribution in [2.24, 2.45) is 0 Å². The molecule has 104 valence electrons. The van der Waals surface area contributed by atoms with Crippen molar-refractivity contribution in [1.82, 2.24) is 10.3 Å². The Bertz CT molecular complexity index is 423.